The highest BCUT2D eigenvalue weighted by Gasteiger charge is 2.30. The van der Waals surface area contributed by atoms with Crippen molar-refractivity contribution < 1.29 is 9.50 Å². The van der Waals surface area contributed by atoms with Gasteiger partial charge in [0.1, 0.15) is 5.82 Å². The van der Waals surface area contributed by atoms with Gasteiger partial charge in [0.05, 0.1) is 18.0 Å². The van der Waals surface area contributed by atoms with Crippen LogP contribution in [0.25, 0.3) is 11.6 Å². The Hall–Kier alpha value is -2.70. The topological polar surface area (TPSA) is 59.9 Å². The van der Waals surface area contributed by atoms with Crippen molar-refractivity contribution >= 4 is 17.4 Å². The van der Waals surface area contributed by atoms with Crippen molar-refractivity contribution in [1.82, 2.24) is 15.6 Å². The maximum Gasteiger partial charge on any atom is 0.124 e. The van der Waals surface area contributed by atoms with Gasteiger partial charge in [0.25, 0.3) is 0 Å². The fourth-order valence-electron chi connectivity index (χ4n) is 4.28. The minimum Gasteiger partial charge on any atom is -0.395 e. The van der Waals surface area contributed by atoms with Gasteiger partial charge in [-0.3, -0.25) is 5.43 Å². The second kappa shape index (κ2) is 6.18. The zero-order chi connectivity index (χ0) is 18.5. The van der Waals surface area contributed by atoms with Crippen molar-refractivity contribution in [3.05, 3.63) is 69.8 Å². The first-order valence-corrected chi connectivity index (χ1v) is 9.19. The number of allylic oxidation sites excluding steroid dienone is 2. The molecule has 0 saturated carbocycles. The lowest BCUT2D eigenvalue weighted by Gasteiger charge is -2.32. The Morgan fingerprint density at radius 2 is 2.22 bits per heavy atom. The van der Waals surface area contributed by atoms with Crippen LogP contribution in [0.15, 0.2) is 52.4 Å². The minimum atomic E-state index is -0.243. The standard InChI is InChI=1S/C21H21FN4O/c1-26-9-17(12-4-5-23-15(7-12)11-27)21-18(10-26)16-8-14(22)6-13-2-3-19(20(13)16)24-25-21/h2-4,6,8,10,15,23,25,27H,5,7,9,11H2,1H3/t15-/m1/s1. The number of hydrogen-bond acceptors (Lipinski definition) is 5. The van der Waals surface area contributed by atoms with Crippen LogP contribution in [-0.2, 0) is 0 Å². The zero-order valence-corrected chi connectivity index (χ0v) is 15.1. The Morgan fingerprint density at radius 3 is 3.07 bits per heavy atom. The molecule has 138 valence electrons. The number of nitrogens with zero attached hydrogens (tertiary/aromatic N) is 2. The molecule has 3 heterocycles. The predicted octanol–water partition coefficient (Wildman–Crippen LogP) is 1.98. The van der Waals surface area contributed by atoms with Crippen LogP contribution in [0, 0.1) is 5.82 Å². The Kier molecular flexibility index (Phi) is 3.77. The Bertz CT molecular complexity index is 986. The average Bonchev–Trinajstić information content (AvgIpc) is 3.01. The number of aliphatic hydroxyl groups excluding tert-OH is 1. The summed E-state index contributed by atoms with van der Waals surface area (Å²) < 4.78 is 14.3. The summed E-state index contributed by atoms with van der Waals surface area (Å²) in [5, 5.41) is 17.5. The highest BCUT2D eigenvalue weighted by atomic mass is 19.1. The molecule has 0 bridgehead atoms. The summed E-state index contributed by atoms with van der Waals surface area (Å²) >= 11 is 0. The maximum atomic E-state index is 14.3. The molecule has 6 heteroatoms. The molecule has 0 unspecified atom stereocenters. The van der Waals surface area contributed by atoms with E-state index in [1.807, 2.05) is 19.2 Å². The van der Waals surface area contributed by atoms with Crippen molar-refractivity contribution in [3.8, 4) is 0 Å². The van der Waals surface area contributed by atoms with E-state index in [2.05, 4.69) is 33.0 Å². The number of nitrogens with one attached hydrogen (secondary N) is 2. The van der Waals surface area contributed by atoms with E-state index in [1.165, 1.54) is 5.57 Å². The quantitative estimate of drug-likeness (QED) is 0.751. The molecular weight excluding hydrogens is 343 g/mol. The molecule has 1 atom stereocenters. The predicted molar refractivity (Wildman–Crippen MR) is 104 cm³/mol. The van der Waals surface area contributed by atoms with Gasteiger partial charge in [-0.2, -0.15) is 5.10 Å². The van der Waals surface area contributed by atoms with Gasteiger partial charge >= 0.3 is 0 Å². The number of likely N-dealkylation sites (N-methyl/N-ethyl adjacent to an activating group) is 1. The molecule has 0 radical (unpaired) electrons. The molecule has 0 aromatic heterocycles. The molecule has 5 nitrogen and oxygen atoms in total. The highest BCUT2D eigenvalue weighted by Crippen LogP contribution is 2.39. The molecule has 1 aromatic rings. The Morgan fingerprint density at radius 1 is 1.33 bits per heavy atom. The zero-order valence-electron chi connectivity index (χ0n) is 15.1. The second-order valence-electron chi connectivity index (χ2n) is 7.39. The lowest BCUT2D eigenvalue weighted by Crippen LogP contribution is -2.37. The molecule has 1 aliphatic carbocycles. The summed E-state index contributed by atoms with van der Waals surface area (Å²) in [6.07, 6.45) is 8.82. The van der Waals surface area contributed by atoms with Crippen molar-refractivity contribution in [1.29, 1.82) is 0 Å². The Balaban J connectivity index is 1.69. The number of hydrogen-bond donors (Lipinski definition) is 3. The van der Waals surface area contributed by atoms with E-state index in [1.54, 1.807) is 12.1 Å². The molecule has 4 aliphatic rings. The molecule has 3 N–H and O–H groups in total. The van der Waals surface area contributed by atoms with Crippen LogP contribution in [0.5, 0.6) is 0 Å². The van der Waals surface area contributed by atoms with Crippen LogP contribution in [0.2, 0.25) is 0 Å². The summed E-state index contributed by atoms with van der Waals surface area (Å²) in [5.41, 5.74) is 11.0. The smallest absolute Gasteiger partial charge is 0.124 e. The average molecular weight is 364 g/mol. The third-order valence-corrected chi connectivity index (χ3v) is 5.55. The fraction of sp³-hybridized carbons (Fsp3) is 0.286. The van der Waals surface area contributed by atoms with E-state index in [0.29, 0.717) is 0 Å². The van der Waals surface area contributed by atoms with Crippen LogP contribution < -0.4 is 10.7 Å². The first kappa shape index (κ1) is 16.5. The van der Waals surface area contributed by atoms with E-state index in [9.17, 15) is 9.50 Å². The van der Waals surface area contributed by atoms with E-state index in [0.717, 1.165) is 58.8 Å². The minimum absolute atomic E-state index is 0.0563. The largest absolute Gasteiger partial charge is 0.395 e. The maximum absolute atomic E-state index is 14.3. The lowest BCUT2D eigenvalue weighted by molar-refractivity contribution is 0.241. The van der Waals surface area contributed by atoms with Crippen molar-refractivity contribution in [2.45, 2.75) is 12.5 Å². The number of benzene rings is 1. The van der Waals surface area contributed by atoms with E-state index in [-0.39, 0.29) is 18.5 Å². The Labute approximate surface area is 157 Å². The van der Waals surface area contributed by atoms with Gasteiger partial charge in [0.15, 0.2) is 0 Å². The summed E-state index contributed by atoms with van der Waals surface area (Å²) in [5.74, 6) is -0.243. The number of hydrazone groups is 1. The summed E-state index contributed by atoms with van der Waals surface area (Å²) in [4.78, 5) is 2.12. The SMILES string of the molecule is CN1C=C2C(=C(C3=CCN[C@@H](CO)C3)C1)NN=C1C=Cc3cc(F)cc2c31. The van der Waals surface area contributed by atoms with Gasteiger partial charge in [0.2, 0.25) is 0 Å². The molecule has 3 aliphatic heterocycles. The van der Waals surface area contributed by atoms with Crippen LogP contribution in [0.4, 0.5) is 4.39 Å². The molecule has 0 amide bonds. The van der Waals surface area contributed by atoms with Crippen LogP contribution >= 0.6 is 0 Å². The summed E-state index contributed by atoms with van der Waals surface area (Å²) in [6, 6.07) is 3.22. The van der Waals surface area contributed by atoms with Gasteiger partial charge in [-0.05, 0) is 41.3 Å². The van der Waals surface area contributed by atoms with E-state index < -0.39 is 0 Å². The number of halogens is 1. The third-order valence-electron chi connectivity index (χ3n) is 5.55. The fourth-order valence-corrected chi connectivity index (χ4v) is 4.28. The second-order valence-corrected chi connectivity index (χ2v) is 7.39. The van der Waals surface area contributed by atoms with Crippen LogP contribution in [0.1, 0.15) is 23.1 Å². The molecule has 0 spiro atoms. The van der Waals surface area contributed by atoms with Crippen molar-refractivity contribution in [2.75, 3.05) is 26.7 Å². The first-order valence-electron chi connectivity index (χ1n) is 9.19. The molecule has 27 heavy (non-hydrogen) atoms. The van der Waals surface area contributed by atoms with Gasteiger partial charge in [0, 0.05) is 49.1 Å². The number of rotatable bonds is 2. The first-order chi connectivity index (χ1) is 13.1. The van der Waals surface area contributed by atoms with Crippen LogP contribution in [-0.4, -0.2) is 48.5 Å². The van der Waals surface area contributed by atoms with E-state index in [4.69, 9.17) is 0 Å². The molecule has 0 fully saturated rings. The third kappa shape index (κ3) is 2.64. The highest BCUT2D eigenvalue weighted by molar-refractivity contribution is 6.20. The molecular formula is C21H21FN4O. The van der Waals surface area contributed by atoms with Gasteiger partial charge in [-0.1, -0.05) is 12.2 Å². The van der Waals surface area contributed by atoms with Crippen LogP contribution in [0.3, 0.4) is 0 Å². The number of fused-ring (bicyclic) bond motifs is 2. The van der Waals surface area contributed by atoms with Gasteiger partial charge in [-0.25, -0.2) is 4.39 Å². The monoisotopic (exact) mass is 364 g/mol. The van der Waals surface area contributed by atoms with Gasteiger partial charge < -0.3 is 15.3 Å². The molecule has 5 rings (SSSR count). The van der Waals surface area contributed by atoms with Gasteiger partial charge in [-0.15, -0.1) is 0 Å². The number of aliphatic hydroxyl groups is 1. The molecule has 1 aromatic carbocycles. The molecule has 0 saturated heterocycles. The van der Waals surface area contributed by atoms with Crippen molar-refractivity contribution in [2.24, 2.45) is 5.10 Å². The lowest BCUT2D eigenvalue weighted by atomic mass is 9.87. The van der Waals surface area contributed by atoms with E-state index >= 15 is 0 Å². The summed E-state index contributed by atoms with van der Waals surface area (Å²) in [6.45, 7) is 1.58. The van der Waals surface area contributed by atoms with Crippen molar-refractivity contribution in [3.63, 3.8) is 0 Å². The normalized spacial score (nSPS) is 23.1. The summed E-state index contributed by atoms with van der Waals surface area (Å²) in [7, 11) is 2.03.